The third-order valence-electron chi connectivity index (χ3n) is 6.35. The number of likely N-dealkylation sites (N-methyl/N-ethyl adjacent to an activating group) is 1. The first kappa shape index (κ1) is 22.3. The van der Waals surface area contributed by atoms with E-state index in [1.54, 1.807) is 13.0 Å². The van der Waals surface area contributed by atoms with E-state index in [2.05, 4.69) is 62.8 Å². The second-order valence-corrected chi connectivity index (χ2v) is 8.76. The topological polar surface area (TPSA) is 94.0 Å². The van der Waals surface area contributed by atoms with Gasteiger partial charge < -0.3 is 19.6 Å². The molecule has 0 unspecified atom stereocenters. The molecule has 0 spiro atoms. The van der Waals surface area contributed by atoms with Gasteiger partial charge in [-0.2, -0.15) is 0 Å². The minimum atomic E-state index is -0.748. The molecule has 3 heterocycles. The van der Waals surface area contributed by atoms with Crippen molar-refractivity contribution in [3.63, 3.8) is 0 Å². The van der Waals surface area contributed by atoms with Crippen LogP contribution < -0.4 is 15.5 Å². The monoisotopic (exact) mass is 440 g/mol. The Morgan fingerprint density at radius 1 is 1.09 bits per heavy atom. The first-order valence-electron chi connectivity index (χ1n) is 11.2. The van der Waals surface area contributed by atoms with Crippen LogP contribution in [-0.2, 0) is 16.0 Å². The summed E-state index contributed by atoms with van der Waals surface area (Å²) >= 11 is 0. The lowest BCUT2D eigenvalue weighted by Gasteiger charge is -2.39. The standard InChI is InChI=1S/C23H32N6O3/c1-16-13-21(26-32-16)25-23(31)22(30)24-15-20(29-11-9-27(2)10-12-29)18-6-7-19-17(14-18)5-4-8-28(19)3/h6-7,13-14,20H,4-5,8-12,15H2,1-3H3,(H,24,30)(H,25,26,31)/t20-/m1/s1. The lowest BCUT2D eigenvalue weighted by Crippen LogP contribution is -2.49. The quantitative estimate of drug-likeness (QED) is 0.679. The van der Waals surface area contributed by atoms with Gasteiger partial charge in [0.2, 0.25) is 0 Å². The molecule has 0 bridgehead atoms. The van der Waals surface area contributed by atoms with Crippen molar-refractivity contribution in [3.05, 3.63) is 41.2 Å². The molecule has 0 aliphatic carbocycles. The summed E-state index contributed by atoms with van der Waals surface area (Å²) in [7, 11) is 4.25. The van der Waals surface area contributed by atoms with Crippen LogP contribution in [-0.4, -0.2) is 80.1 Å². The van der Waals surface area contributed by atoms with E-state index >= 15 is 0 Å². The average molecular weight is 441 g/mol. The SMILES string of the molecule is Cc1cc(NC(=O)C(=O)NC[C@H](c2ccc3c(c2)CCCN3C)N2CCN(C)CC2)no1. The molecule has 9 nitrogen and oxygen atoms in total. The molecule has 4 rings (SSSR count). The number of carbonyl (C=O) groups excluding carboxylic acids is 2. The van der Waals surface area contributed by atoms with E-state index < -0.39 is 11.8 Å². The first-order chi connectivity index (χ1) is 15.4. The number of nitrogens with one attached hydrogen (secondary N) is 2. The minimum absolute atomic E-state index is 0.00674. The lowest BCUT2D eigenvalue weighted by molar-refractivity contribution is -0.136. The number of fused-ring (bicyclic) bond motifs is 1. The van der Waals surface area contributed by atoms with Crippen molar-refractivity contribution in [2.75, 3.05) is 63.6 Å². The van der Waals surface area contributed by atoms with Crippen LogP contribution >= 0.6 is 0 Å². The molecule has 2 aliphatic heterocycles. The summed E-state index contributed by atoms with van der Waals surface area (Å²) in [6.07, 6.45) is 2.21. The molecule has 1 aromatic carbocycles. The van der Waals surface area contributed by atoms with Crippen molar-refractivity contribution in [3.8, 4) is 0 Å². The highest BCUT2D eigenvalue weighted by atomic mass is 16.5. The molecule has 32 heavy (non-hydrogen) atoms. The number of aryl methyl sites for hydroxylation is 2. The van der Waals surface area contributed by atoms with Crippen LogP contribution in [0.2, 0.25) is 0 Å². The summed E-state index contributed by atoms with van der Waals surface area (Å²) in [6.45, 7) is 6.94. The fraction of sp³-hybridized carbons (Fsp3) is 0.522. The molecule has 1 fully saturated rings. The number of nitrogens with zero attached hydrogens (tertiary/aromatic N) is 4. The zero-order valence-electron chi connectivity index (χ0n) is 19.1. The van der Waals surface area contributed by atoms with Crippen LogP contribution in [0.1, 0.15) is 29.3 Å². The second-order valence-electron chi connectivity index (χ2n) is 8.76. The maximum atomic E-state index is 12.5. The normalized spacial score (nSPS) is 18.2. The molecule has 2 aliphatic rings. The van der Waals surface area contributed by atoms with Crippen LogP contribution in [0, 0.1) is 6.92 Å². The second kappa shape index (κ2) is 9.70. The molecule has 1 saturated heterocycles. The number of rotatable bonds is 5. The Bertz CT molecular complexity index is 966. The largest absolute Gasteiger partial charge is 0.374 e. The maximum Gasteiger partial charge on any atom is 0.314 e. The van der Waals surface area contributed by atoms with Gasteiger partial charge in [0.05, 0.1) is 6.04 Å². The fourth-order valence-corrected chi connectivity index (χ4v) is 4.47. The van der Waals surface area contributed by atoms with Gasteiger partial charge in [-0.05, 0) is 44.0 Å². The molecule has 0 radical (unpaired) electrons. The van der Waals surface area contributed by atoms with Crippen LogP contribution in [0.25, 0.3) is 0 Å². The fourth-order valence-electron chi connectivity index (χ4n) is 4.47. The molecule has 2 N–H and O–H groups in total. The summed E-state index contributed by atoms with van der Waals surface area (Å²) in [5.74, 6) is -0.629. The number of carbonyl (C=O) groups is 2. The zero-order chi connectivity index (χ0) is 22.7. The van der Waals surface area contributed by atoms with Crippen LogP contribution in [0.15, 0.2) is 28.8 Å². The van der Waals surface area contributed by atoms with Gasteiger partial charge in [0.1, 0.15) is 5.76 Å². The highest BCUT2D eigenvalue weighted by Crippen LogP contribution is 2.31. The van der Waals surface area contributed by atoms with E-state index in [9.17, 15) is 9.59 Å². The Morgan fingerprint density at radius 2 is 1.88 bits per heavy atom. The van der Waals surface area contributed by atoms with E-state index in [-0.39, 0.29) is 11.9 Å². The number of aromatic nitrogens is 1. The van der Waals surface area contributed by atoms with Crippen LogP contribution in [0.4, 0.5) is 11.5 Å². The van der Waals surface area contributed by atoms with E-state index in [0.717, 1.165) is 45.6 Å². The summed E-state index contributed by atoms with van der Waals surface area (Å²) in [5, 5.41) is 9.01. The highest BCUT2D eigenvalue weighted by Gasteiger charge is 2.27. The molecule has 1 aromatic heterocycles. The molecule has 2 amide bonds. The van der Waals surface area contributed by atoms with Gasteiger partial charge in [-0.1, -0.05) is 17.3 Å². The van der Waals surface area contributed by atoms with Crippen molar-refractivity contribution < 1.29 is 14.1 Å². The molecule has 1 atom stereocenters. The van der Waals surface area contributed by atoms with Gasteiger partial charge in [-0.15, -0.1) is 0 Å². The van der Waals surface area contributed by atoms with Crippen molar-refractivity contribution in [1.82, 2.24) is 20.3 Å². The summed E-state index contributed by atoms with van der Waals surface area (Å²) in [4.78, 5) is 31.8. The molecule has 2 aromatic rings. The first-order valence-corrected chi connectivity index (χ1v) is 11.2. The van der Waals surface area contributed by atoms with E-state index in [1.165, 1.54) is 16.8 Å². The zero-order valence-corrected chi connectivity index (χ0v) is 19.1. The molecule has 172 valence electrons. The molecule has 9 heteroatoms. The van der Waals surface area contributed by atoms with E-state index in [4.69, 9.17) is 4.52 Å². The Morgan fingerprint density at radius 3 is 2.59 bits per heavy atom. The van der Waals surface area contributed by atoms with Crippen molar-refractivity contribution in [2.45, 2.75) is 25.8 Å². The van der Waals surface area contributed by atoms with Crippen LogP contribution in [0.3, 0.4) is 0 Å². The third kappa shape index (κ3) is 5.11. The number of benzene rings is 1. The van der Waals surface area contributed by atoms with E-state index in [1.807, 2.05) is 0 Å². The summed E-state index contributed by atoms with van der Waals surface area (Å²) < 4.78 is 4.93. The van der Waals surface area contributed by atoms with Gasteiger partial charge in [-0.25, -0.2) is 0 Å². The Balaban J connectivity index is 1.47. The lowest BCUT2D eigenvalue weighted by atomic mass is 9.95. The van der Waals surface area contributed by atoms with Crippen molar-refractivity contribution >= 4 is 23.3 Å². The highest BCUT2D eigenvalue weighted by molar-refractivity contribution is 6.39. The molecule has 0 saturated carbocycles. The van der Waals surface area contributed by atoms with Gasteiger partial charge >= 0.3 is 11.8 Å². The van der Waals surface area contributed by atoms with E-state index in [0.29, 0.717) is 12.3 Å². The predicted molar refractivity (Wildman–Crippen MR) is 123 cm³/mol. The predicted octanol–water partition coefficient (Wildman–Crippen LogP) is 1.41. The smallest absolute Gasteiger partial charge is 0.314 e. The summed E-state index contributed by atoms with van der Waals surface area (Å²) in [6, 6.07) is 8.20. The number of hydrogen-bond donors (Lipinski definition) is 2. The third-order valence-corrected chi connectivity index (χ3v) is 6.35. The minimum Gasteiger partial charge on any atom is -0.374 e. The Hall–Kier alpha value is -2.91. The number of piperazine rings is 1. The van der Waals surface area contributed by atoms with Crippen molar-refractivity contribution in [2.24, 2.45) is 0 Å². The molecular formula is C23H32N6O3. The van der Waals surface area contributed by atoms with Gasteiger partial charge in [0, 0.05) is 58.1 Å². The van der Waals surface area contributed by atoms with Crippen molar-refractivity contribution in [1.29, 1.82) is 0 Å². The van der Waals surface area contributed by atoms with Gasteiger partial charge in [0.25, 0.3) is 0 Å². The van der Waals surface area contributed by atoms with Gasteiger partial charge in [0.15, 0.2) is 5.82 Å². The number of amides is 2. The Kier molecular flexibility index (Phi) is 6.76. The molecular weight excluding hydrogens is 408 g/mol. The average Bonchev–Trinajstić information content (AvgIpc) is 3.19. The summed E-state index contributed by atoms with van der Waals surface area (Å²) in [5.41, 5.74) is 3.81. The number of hydrogen-bond acceptors (Lipinski definition) is 7. The van der Waals surface area contributed by atoms with Gasteiger partial charge in [-0.3, -0.25) is 19.8 Å². The Labute approximate surface area is 188 Å². The van der Waals surface area contributed by atoms with Crippen LogP contribution in [0.5, 0.6) is 0 Å². The number of anilines is 2. The maximum absolute atomic E-state index is 12.5.